The van der Waals surface area contributed by atoms with Crippen LogP contribution in [0.4, 0.5) is 4.39 Å². The van der Waals surface area contributed by atoms with Gasteiger partial charge in [0.25, 0.3) is 0 Å². The highest BCUT2D eigenvalue weighted by molar-refractivity contribution is 5.30. The third kappa shape index (κ3) is 4.28. The maximum absolute atomic E-state index is 15.0. The zero-order chi connectivity index (χ0) is 18.8. The third-order valence-electron chi connectivity index (χ3n) is 7.17. The first-order chi connectivity index (χ1) is 13.1. The molecule has 27 heavy (non-hydrogen) atoms. The molecule has 2 fully saturated rings. The van der Waals surface area contributed by atoms with Crippen molar-refractivity contribution >= 4 is 0 Å². The largest absolute Gasteiger partial charge is 0.247 e. The van der Waals surface area contributed by atoms with Crippen LogP contribution in [0.2, 0.25) is 0 Å². The lowest BCUT2D eigenvalue weighted by Crippen LogP contribution is -2.23. The lowest BCUT2D eigenvalue weighted by molar-refractivity contribution is 0.198. The summed E-state index contributed by atoms with van der Waals surface area (Å²) in [5.74, 6) is 2.08. The number of halogens is 1. The molecule has 0 amide bonds. The fraction of sp³-hybridized carbons (Fsp3) is 0.538. The molecule has 0 bridgehead atoms. The molecule has 2 unspecified atom stereocenters. The summed E-state index contributed by atoms with van der Waals surface area (Å²) in [4.78, 5) is 0. The van der Waals surface area contributed by atoms with Crippen molar-refractivity contribution in [2.75, 3.05) is 0 Å². The smallest absolute Gasteiger partial charge is 0.108 e. The van der Waals surface area contributed by atoms with E-state index in [2.05, 4.69) is 62.4 Å². The van der Waals surface area contributed by atoms with Crippen LogP contribution in [0, 0.1) is 12.8 Å². The maximum Gasteiger partial charge on any atom is 0.108 e. The van der Waals surface area contributed by atoms with Crippen molar-refractivity contribution in [1.82, 2.24) is 0 Å². The SMILES string of the molecule is Cc1ccc(C2CC[C@@H](c3ccc(C4CCC(C)CC4)cc3)CC2F)cc1. The zero-order valence-electron chi connectivity index (χ0n) is 16.8. The molecule has 144 valence electrons. The maximum atomic E-state index is 15.0. The highest BCUT2D eigenvalue weighted by Gasteiger charge is 2.32. The summed E-state index contributed by atoms with van der Waals surface area (Å²) in [7, 11) is 0. The monoisotopic (exact) mass is 364 g/mol. The van der Waals surface area contributed by atoms with Crippen LogP contribution in [0.3, 0.4) is 0 Å². The van der Waals surface area contributed by atoms with Gasteiger partial charge in [0, 0.05) is 5.92 Å². The van der Waals surface area contributed by atoms with Crippen molar-refractivity contribution in [2.45, 2.75) is 82.7 Å². The average molecular weight is 365 g/mol. The van der Waals surface area contributed by atoms with Gasteiger partial charge in [-0.05, 0) is 73.5 Å². The van der Waals surface area contributed by atoms with Gasteiger partial charge in [-0.15, -0.1) is 0 Å². The molecule has 0 heterocycles. The predicted molar refractivity (Wildman–Crippen MR) is 112 cm³/mol. The van der Waals surface area contributed by atoms with E-state index in [4.69, 9.17) is 0 Å². The van der Waals surface area contributed by atoms with E-state index in [9.17, 15) is 4.39 Å². The Labute approximate surface area is 164 Å². The van der Waals surface area contributed by atoms with Crippen LogP contribution in [0.1, 0.15) is 91.9 Å². The van der Waals surface area contributed by atoms with E-state index in [0.717, 1.165) is 24.7 Å². The van der Waals surface area contributed by atoms with Gasteiger partial charge in [0.05, 0.1) is 0 Å². The van der Waals surface area contributed by atoms with Crippen molar-refractivity contribution < 1.29 is 4.39 Å². The molecule has 0 aromatic heterocycles. The van der Waals surface area contributed by atoms with Crippen LogP contribution in [0.15, 0.2) is 48.5 Å². The molecule has 2 aliphatic rings. The van der Waals surface area contributed by atoms with Crippen molar-refractivity contribution in [2.24, 2.45) is 5.92 Å². The second kappa shape index (κ2) is 8.17. The Morgan fingerprint density at radius 1 is 0.667 bits per heavy atom. The molecule has 0 saturated heterocycles. The fourth-order valence-electron chi connectivity index (χ4n) is 5.24. The van der Waals surface area contributed by atoms with E-state index in [1.54, 1.807) is 0 Å². The van der Waals surface area contributed by atoms with Gasteiger partial charge < -0.3 is 0 Å². The number of hydrogen-bond donors (Lipinski definition) is 0. The van der Waals surface area contributed by atoms with Crippen molar-refractivity contribution in [1.29, 1.82) is 0 Å². The zero-order valence-corrected chi connectivity index (χ0v) is 16.8. The third-order valence-corrected chi connectivity index (χ3v) is 7.17. The molecular formula is C26H33F. The first kappa shape index (κ1) is 18.7. The van der Waals surface area contributed by atoms with Crippen molar-refractivity contribution in [3.8, 4) is 0 Å². The standard InChI is InChI=1S/C26H33F/c1-18-3-7-20(8-4-18)21-11-13-22(14-12-21)24-15-16-25(26(27)17-24)23-9-5-19(2)6-10-23/h5-6,9-14,18,20,24-26H,3-4,7-8,15-17H2,1-2H3/t18?,20?,24-,25?,26?/m1/s1. The Bertz CT molecular complexity index is 722. The summed E-state index contributed by atoms with van der Waals surface area (Å²) in [5, 5.41) is 0. The summed E-state index contributed by atoms with van der Waals surface area (Å²) in [6.07, 6.45) is 7.36. The molecule has 0 spiro atoms. The summed E-state index contributed by atoms with van der Waals surface area (Å²) in [6.45, 7) is 4.46. The molecule has 0 radical (unpaired) electrons. The molecular weight excluding hydrogens is 331 g/mol. The fourth-order valence-corrected chi connectivity index (χ4v) is 5.24. The highest BCUT2D eigenvalue weighted by Crippen LogP contribution is 2.43. The Balaban J connectivity index is 1.39. The van der Waals surface area contributed by atoms with Gasteiger partial charge in [-0.1, -0.05) is 73.9 Å². The van der Waals surface area contributed by atoms with Crippen LogP contribution in [0.5, 0.6) is 0 Å². The number of hydrogen-bond acceptors (Lipinski definition) is 0. The lowest BCUT2D eigenvalue weighted by atomic mass is 9.74. The first-order valence-corrected chi connectivity index (χ1v) is 10.9. The minimum atomic E-state index is -0.731. The molecule has 2 aromatic rings. The summed E-state index contributed by atoms with van der Waals surface area (Å²) < 4.78 is 15.0. The van der Waals surface area contributed by atoms with Crippen LogP contribution in [-0.2, 0) is 0 Å². The number of alkyl halides is 1. The van der Waals surface area contributed by atoms with Crippen LogP contribution in [0.25, 0.3) is 0 Å². The van der Waals surface area contributed by atoms with E-state index in [-0.39, 0.29) is 5.92 Å². The summed E-state index contributed by atoms with van der Waals surface area (Å²) in [6, 6.07) is 17.7. The Hall–Kier alpha value is -1.63. The Morgan fingerprint density at radius 2 is 1.19 bits per heavy atom. The quantitative estimate of drug-likeness (QED) is 0.524. The number of benzene rings is 2. The van der Waals surface area contributed by atoms with Crippen molar-refractivity contribution in [3.63, 3.8) is 0 Å². The van der Waals surface area contributed by atoms with Gasteiger partial charge in [0.1, 0.15) is 6.17 Å². The van der Waals surface area contributed by atoms with Gasteiger partial charge in [-0.25, -0.2) is 4.39 Å². The van der Waals surface area contributed by atoms with Gasteiger partial charge in [-0.3, -0.25) is 0 Å². The molecule has 2 saturated carbocycles. The molecule has 1 heteroatoms. The molecule has 0 aliphatic heterocycles. The van der Waals surface area contributed by atoms with E-state index >= 15 is 0 Å². The number of rotatable bonds is 3. The normalized spacial score (nSPS) is 31.6. The molecule has 2 aromatic carbocycles. The van der Waals surface area contributed by atoms with Gasteiger partial charge in [0.15, 0.2) is 0 Å². The van der Waals surface area contributed by atoms with E-state index in [1.807, 2.05) is 0 Å². The van der Waals surface area contributed by atoms with Gasteiger partial charge >= 0.3 is 0 Å². The lowest BCUT2D eigenvalue weighted by Gasteiger charge is -2.33. The highest BCUT2D eigenvalue weighted by atomic mass is 19.1. The van der Waals surface area contributed by atoms with Gasteiger partial charge in [0.2, 0.25) is 0 Å². The Kier molecular flexibility index (Phi) is 5.66. The average Bonchev–Trinajstić information content (AvgIpc) is 2.69. The topological polar surface area (TPSA) is 0 Å². The second-order valence-electron chi connectivity index (χ2n) is 9.17. The van der Waals surface area contributed by atoms with E-state index in [0.29, 0.717) is 12.3 Å². The Morgan fingerprint density at radius 3 is 1.78 bits per heavy atom. The minimum Gasteiger partial charge on any atom is -0.247 e. The van der Waals surface area contributed by atoms with E-state index in [1.165, 1.54) is 47.9 Å². The summed E-state index contributed by atoms with van der Waals surface area (Å²) in [5.41, 5.74) is 5.26. The molecule has 2 aliphatic carbocycles. The van der Waals surface area contributed by atoms with Crippen LogP contribution in [-0.4, -0.2) is 6.17 Å². The first-order valence-electron chi connectivity index (χ1n) is 10.9. The van der Waals surface area contributed by atoms with Crippen molar-refractivity contribution in [3.05, 3.63) is 70.8 Å². The number of aryl methyl sites for hydroxylation is 1. The molecule has 3 atom stereocenters. The van der Waals surface area contributed by atoms with Gasteiger partial charge in [-0.2, -0.15) is 0 Å². The molecule has 0 N–H and O–H groups in total. The molecule has 0 nitrogen and oxygen atoms in total. The molecule has 4 rings (SSSR count). The summed E-state index contributed by atoms with van der Waals surface area (Å²) >= 11 is 0. The van der Waals surface area contributed by atoms with Crippen LogP contribution >= 0.6 is 0 Å². The van der Waals surface area contributed by atoms with Crippen LogP contribution < -0.4 is 0 Å². The van der Waals surface area contributed by atoms with E-state index < -0.39 is 6.17 Å². The minimum absolute atomic E-state index is 0.0744. The predicted octanol–water partition coefficient (Wildman–Crippen LogP) is 7.68. The second-order valence-corrected chi connectivity index (χ2v) is 9.17.